The summed E-state index contributed by atoms with van der Waals surface area (Å²) in [4.78, 5) is 44.4. The molecule has 0 amide bonds. The number of carboxylic acids is 2. The zero-order valence-electron chi connectivity index (χ0n) is 41.1. The summed E-state index contributed by atoms with van der Waals surface area (Å²) < 4.78 is 24.0. The minimum absolute atomic E-state index is 0. The number of carboxylic acid groups (broad SMARTS) is 2. The number of carbonyl (C=O) groups excluding carboxylic acids is 4. The van der Waals surface area contributed by atoms with Gasteiger partial charge in [-0.25, -0.2) is 0 Å². The molecule has 4 unspecified atom stereocenters. The maximum Gasteiger partial charge on any atom is 2.00 e. The Morgan fingerprint density at radius 2 is 0.692 bits per heavy atom. The Hall–Kier alpha value is -2.19. The van der Waals surface area contributed by atoms with Crippen molar-refractivity contribution in [2.75, 3.05) is 0 Å². The number of benzene rings is 2. The average molecular weight is 1030 g/mol. The van der Waals surface area contributed by atoms with Crippen molar-refractivity contribution in [3.63, 3.8) is 0 Å². The molecule has 0 aromatic heterocycles. The van der Waals surface area contributed by atoms with Gasteiger partial charge >= 0.3 is 60.8 Å². The van der Waals surface area contributed by atoms with E-state index in [0.717, 1.165) is 140 Å². The Morgan fingerprint density at radius 3 is 0.985 bits per heavy atom. The molecule has 2 aromatic carbocycles. The van der Waals surface area contributed by atoms with Crippen molar-refractivity contribution in [3.05, 3.63) is 71.8 Å². The third kappa shape index (κ3) is 38.5. The predicted octanol–water partition coefficient (Wildman–Crippen LogP) is 11.1. The van der Waals surface area contributed by atoms with Crippen LogP contribution in [-0.2, 0) is 51.3 Å². The van der Waals surface area contributed by atoms with E-state index in [1.165, 1.54) is 39.5 Å². The summed E-state index contributed by atoms with van der Waals surface area (Å²) in [5.41, 5.74) is 2.25. The van der Waals surface area contributed by atoms with Gasteiger partial charge in [0, 0.05) is 25.8 Å². The maximum absolute atomic E-state index is 11.7. The number of ether oxygens (including phenoxy) is 4. The van der Waals surface area contributed by atoms with Crippen LogP contribution in [0, 0.1) is 0 Å². The largest absolute Gasteiger partial charge is 2.00 e. The Labute approximate surface area is 434 Å². The normalized spacial score (nSPS) is 12.7. The fourth-order valence-electron chi connectivity index (χ4n) is 7.92. The number of rotatable bonds is 40. The molecule has 2 aromatic rings. The van der Waals surface area contributed by atoms with E-state index < -0.39 is 11.9 Å². The molecule has 11 heteroatoms. The van der Waals surface area contributed by atoms with Crippen LogP contribution in [0.3, 0.4) is 0 Å². The van der Waals surface area contributed by atoms with Crippen molar-refractivity contribution in [1.29, 1.82) is 0 Å². The van der Waals surface area contributed by atoms with Crippen molar-refractivity contribution >= 4 is 72.8 Å². The van der Waals surface area contributed by atoms with Gasteiger partial charge in [0.2, 0.25) is 0 Å². The van der Waals surface area contributed by atoms with Gasteiger partial charge in [-0.1, -0.05) is 190 Å². The summed E-state index contributed by atoms with van der Waals surface area (Å²) in [5, 5.41) is 20.9. The first-order chi connectivity index (χ1) is 31.0. The van der Waals surface area contributed by atoms with E-state index in [1.54, 1.807) is 0 Å². The van der Waals surface area contributed by atoms with Gasteiger partial charge < -0.3 is 38.7 Å². The van der Waals surface area contributed by atoms with Gasteiger partial charge in [0.05, 0.1) is 25.4 Å². The molecule has 4 atom stereocenters. The molecule has 65 heavy (non-hydrogen) atoms. The van der Waals surface area contributed by atoms with E-state index in [0.29, 0.717) is 26.1 Å². The molecule has 364 valence electrons. The van der Waals surface area contributed by atoms with E-state index in [2.05, 4.69) is 38.1 Å². The van der Waals surface area contributed by atoms with Crippen molar-refractivity contribution in [2.45, 2.75) is 245 Å². The van der Waals surface area contributed by atoms with Gasteiger partial charge in [0.15, 0.2) is 0 Å². The Bertz CT molecular complexity index is 1320. The number of unbranched alkanes of at least 4 members (excludes halogenated alkanes) is 18. The standard InChI is InChI=1S/2C27H44O5.Ba/c2*1-3-4-5-14-20-26(32-23(2)28)25(31-22-24-17-12-11-13-18-24)19-15-9-7-6-8-10-16-21-27(29)30;/h2*11-13,17-18,25-26H,3-10,14-16,19-22H2,1-2H3,(H,29,30);/q;;+2/p-2. The summed E-state index contributed by atoms with van der Waals surface area (Å²) in [7, 11) is 0. The quantitative estimate of drug-likeness (QED) is 0.0358. The molecular formula is C54H86BaO10. The molecule has 0 bridgehead atoms. The van der Waals surface area contributed by atoms with Crippen molar-refractivity contribution in [3.8, 4) is 0 Å². The summed E-state index contributed by atoms with van der Waals surface area (Å²) in [6.45, 7) is 8.40. The van der Waals surface area contributed by atoms with Crippen LogP contribution in [0.15, 0.2) is 60.7 Å². The van der Waals surface area contributed by atoms with E-state index in [9.17, 15) is 29.4 Å². The molecular weight excluding hydrogens is 946 g/mol. The van der Waals surface area contributed by atoms with Crippen molar-refractivity contribution in [2.24, 2.45) is 0 Å². The van der Waals surface area contributed by atoms with Crippen molar-refractivity contribution in [1.82, 2.24) is 0 Å². The van der Waals surface area contributed by atoms with Crippen LogP contribution < -0.4 is 10.2 Å². The Balaban J connectivity index is 0.00000124. The average Bonchev–Trinajstić information content (AvgIpc) is 3.27. The van der Waals surface area contributed by atoms with Crippen LogP contribution in [0.2, 0.25) is 0 Å². The molecule has 0 saturated carbocycles. The number of aliphatic carboxylic acids is 2. The summed E-state index contributed by atoms with van der Waals surface area (Å²) in [5.74, 6) is -2.39. The number of carbonyl (C=O) groups is 4. The zero-order valence-corrected chi connectivity index (χ0v) is 45.5. The summed E-state index contributed by atoms with van der Waals surface area (Å²) in [6, 6.07) is 20.2. The topological polar surface area (TPSA) is 151 Å². The van der Waals surface area contributed by atoms with E-state index in [1.807, 2.05) is 36.4 Å². The Morgan fingerprint density at radius 1 is 0.415 bits per heavy atom. The summed E-state index contributed by atoms with van der Waals surface area (Å²) in [6.07, 6.45) is 26.6. The van der Waals surface area contributed by atoms with Gasteiger partial charge in [-0.3, -0.25) is 9.59 Å². The molecule has 0 aliphatic heterocycles. The summed E-state index contributed by atoms with van der Waals surface area (Å²) >= 11 is 0. The molecule has 0 fully saturated rings. The molecule has 0 saturated heterocycles. The van der Waals surface area contributed by atoms with Crippen molar-refractivity contribution < 1.29 is 48.3 Å². The second-order valence-corrected chi connectivity index (χ2v) is 17.4. The van der Waals surface area contributed by atoms with Gasteiger partial charge in [-0.2, -0.15) is 0 Å². The minimum atomic E-state index is -0.955. The molecule has 0 spiro atoms. The van der Waals surface area contributed by atoms with Gasteiger partial charge in [-0.05, 0) is 75.3 Å². The molecule has 0 heterocycles. The monoisotopic (exact) mass is 1030 g/mol. The van der Waals surface area contributed by atoms with E-state index in [-0.39, 0.29) is 98.1 Å². The van der Waals surface area contributed by atoms with Crippen LogP contribution >= 0.6 is 0 Å². The SMILES string of the molecule is CCCCCCC(OC(C)=O)C(CCCCCCCCCC(=O)[O-])OCc1ccccc1.CCCCCCC(OC(C)=O)C(CCCCCCCCCC(=O)[O-])OCc1ccccc1.[Ba+2]. The zero-order chi connectivity index (χ0) is 46.9. The molecule has 10 nitrogen and oxygen atoms in total. The molecule has 0 N–H and O–H groups in total. The molecule has 2 rings (SSSR count). The molecule has 0 aliphatic rings. The van der Waals surface area contributed by atoms with Crippen LogP contribution in [0.5, 0.6) is 0 Å². The van der Waals surface area contributed by atoms with Gasteiger partial charge in [0.25, 0.3) is 0 Å². The second-order valence-electron chi connectivity index (χ2n) is 17.4. The van der Waals surface area contributed by atoms with Gasteiger partial charge in [-0.15, -0.1) is 0 Å². The van der Waals surface area contributed by atoms with Crippen LogP contribution in [-0.4, -0.2) is 97.2 Å². The van der Waals surface area contributed by atoms with E-state index >= 15 is 0 Å². The fraction of sp³-hybridized carbons (Fsp3) is 0.704. The fourth-order valence-corrected chi connectivity index (χ4v) is 7.92. The number of esters is 2. The number of hydrogen-bond donors (Lipinski definition) is 0. The van der Waals surface area contributed by atoms with Gasteiger partial charge in [0.1, 0.15) is 12.2 Å². The van der Waals surface area contributed by atoms with Crippen LogP contribution in [0.4, 0.5) is 0 Å². The maximum atomic E-state index is 11.7. The first-order valence-electron chi connectivity index (χ1n) is 25.1. The minimum Gasteiger partial charge on any atom is -0.550 e. The van der Waals surface area contributed by atoms with E-state index in [4.69, 9.17) is 18.9 Å². The third-order valence-electron chi connectivity index (χ3n) is 11.5. The Kier molecular flexibility index (Phi) is 42.8. The van der Waals surface area contributed by atoms with Crippen LogP contribution in [0.1, 0.15) is 219 Å². The first-order valence-corrected chi connectivity index (χ1v) is 25.1. The second kappa shape index (κ2) is 44.3. The van der Waals surface area contributed by atoms with Crippen LogP contribution in [0.25, 0.3) is 0 Å². The third-order valence-corrected chi connectivity index (χ3v) is 11.5. The smallest absolute Gasteiger partial charge is 0.550 e. The predicted molar refractivity (Wildman–Crippen MR) is 258 cm³/mol. The molecule has 0 radical (unpaired) electrons. The molecule has 0 aliphatic carbocycles. The number of hydrogen-bond acceptors (Lipinski definition) is 10. The first kappa shape index (κ1) is 62.8.